The van der Waals surface area contributed by atoms with Crippen LogP contribution >= 0.6 is 0 Å². The second kappa shape index (κ2) is 3.67. The first-order valence-corrected chi connectivity index (χ1v) is 6.07. The van der Waals surface area contributed by atoms with Crippen molar-refractivity contribution in [2.75, 3.05) is 0 Å². The van der Waals surface area contributed by atoms with Gasteiger partial charge < -0.3 is 5.73 Å². The number of imide groups is 1. The van der Waals surface area contributed by atoms with Gasteiger partial charge in [-0.25, -0.2) is 4.79 Å². The first-order valence-electron chi connectivity index (χ1n) is 6.07. The third-order valence-corrected chi connectivity index (χ3v) is 4.90. The highest BCUT2D eigenvalue weighted by Gasteiger charge is 2.63. The summed E-state index contributed by atoms with van der Waals surface area (Å²) in [6, 6.07) is -0.905. The Labute approximate surface area is 106 Å². The highest BCUT2D eigenvalue weighted by atomic mass is 16.2. The molecule has 2 saturated carbocycles. The summed E-state index contributed by atoms with van der Waals surface area (Å²) >= 11 is 0. The summed E-state index contributed by atoms with van der Waals surface area (Å²) in [5.74, 6) is -0.491. The molecule has 98 valence electrons. The molecule has 0 aromatic rings. The number of fused-ring (bicyclic) bond motifs is 2. The van der Waals surface area contributed by atoms with E-state index in [0.717, 1.165) is 12.8 Å². The van der Waals surface area contributed by atoms with Crippen molar-refractivity contribution in [3.05, 3.63) is 11.6 Å². The van der Waals surface area contributed by atoms with E-state index in [1.807, 2.05) is 12.2 Å². The lowest BCUT2D eigenvalue weighted by Crippen LogP contribution is -2.35. The van der Waals surface area contributed by atoms with Crippen LogP contribution in [-0.4, -0.2) is 17.7 Å². The summed E-state index contributed by atoms with van der Waals surface area (Å²) in [4.78, 5) is 34.5. The van der Waals surface area contributed by atoms with E-state index in [-0.39, 0.29) is 17.1 Å². The van der Waals surface area contributed by atoms with Crippen molar-refractivity contribution in [2.24, 2.45) is 22.5 Å². The minimum atomic E-state index is -0.905. The molecule has 5 heteroatoms. The maximum Gasteiger partial charge on any atom is 0.319 e. The van der Waals surface area contributed by atoms with Gasteiger partial charge in [-0.05, 0) is 24.2 Å². The highest BCUT2D eigenvalue weighted by molar-refractivity contribution is 6.10. The summed E-state index contributed by atoms with van der Waals surface area (Å²) in [7, 11) is 0. The molecule has 2 fully saturated rings. The molecule has 2 rings (SSSR count). The number of carbonyl (C=O) groups excluding carboxylic acids is 3. The van der Waals surface area contributed by atoms with Gasteiger partial charge in [-0.2, -0.15) is 0 Å². The molecule has 2 aliphatic rings. The topological polar surface area (TPSA) is 89.3 Å². The lowest BCUT2D eigenvalue weighted by atomic mass is 9.70. The summed E-state index contributed by atoms with van der Waals surface area (Å²) in [5.41, 5.74) is 4.88. The summed E-state index contributed by atoms with van der Waals surface area (Å²) in [5, 5.41) is 1.96. The Balaban J connectivity index is 2.33. The second-order valence-corrected chi connectivity index (χ2v) is 5.93. The van der Waals surface area contributed by atoms with Crippen LogP contribution in [0.15, 0.2) is 11.6 Å². The molecule has 0 heterocycles. The van der Waals surface area contributed by atoms with Gasteiger partial charge in [0.1, 0.15) is 0 Å². The van der Waals surface area contributed by atoms with Gasteiger partial charge >= 0.3 is 6.03 Å². The van der Waals surface area contributed by atoms with Crippen LogP contribution in [0.2, 0.25) is 0 Å². The number of urea groups is 1. The predicted molar refractivity (Wildman–Crippen MR) is 65.4 cm³/mol. The normalized spacial score (nSPS) is 34.9. The summed E-state index contributed by atoms with van der Waals surface area (Å²) in [6.45, 7) is 6.09. The van der Waals surface area contributed by atoms with Crippen LogP contribution < -0.4 is 11.1 Å². The van der Waals surface area contributed by atoms with Gasteiger partial charge in [0.2, 0.25) is 0 Å². The third-order valence-electron chi connectivity index (χ3n) is 4.90. The molecule has 3 amide bonds. The SMILES string of the molecule is CC1(C)[C@@H]2CC[C@@]1(C)C(=O)/C2=C/C(=O)NC(N)=O. The minimum Gasteiger partial charge on any atom is -0.351 e. The van der Waals surface area contributed by atoms with Crippen LogP contribution in [0.4, 0.5) is 4.79 Å². The van der Waals surface area contributed by atoms with E-state index in [9.17, 15) is 14.4 Å². The van der Waals surface area contributed by atoms with Crippen molar-refractivity contribution >= 4 is 17.7 Å². The van der Waals surface area contributed by atoms with E-state index in [0.29, 0.717) is 5.57 Å². The molecule has 5 nitrogen and oxygen atoms in total. The van der Waals surface area contributed by atoms with Crippen molar-refractivity contribution < 1.29 is 14.4 Å². The number of hydrogen-bond donors (Lipinski definition) is 2. The molecule has 2 bridgehead atoms. The van der Waals surface area contributed by atoms with E-state index >= 15 is 0 Å². The number of rotatable bonds is 1. The van der Waals surface area contributed by atoms with E-state index in [2.05, 4.69) is 13.8 Å². The van der Waals surface area contributed by atoms with Gasteiger partial charge in [-0.3, -0.25) is 14.9 Å². The smallest absolute Gasteiger partial charge is 0.319 e. The van der Waals surface area contributed by atoms with Gasteiger partial charge in [0.25, 0.3) is 5.91 Å². The number of nitrogens with two attached hydrogens (primary N) is 1. The van der Waals surface area contributed by atoms with Gasteiger partial charge in [0.05, 0.1) is 0 Å². The predicted octanol–water partition coefficient (Wildman–Crippen LogP) is 1.13. The van der Waals surface area contributed by atoms with Crippen LogP contribution in [0, 0.1) is 16.7 Å². The van der Waals surface area contributed by atoms with Crippen molar-refractivity contribution in [1.29, 1.82) is 0 Å². The van der Waals surface area contributed by atoms with Crippen molar-refractivity contribution in [2.45, 2.75) is 33.6 Å². The molecule has 0 radical (unpaired) electrons. The number of ketones is 1. The fraction of sp³-hybridized carbons (Fsp3) is 0.615. The minimum absolute atomic E-state index is 0.0309. The summed E-state index contributed by atoms with van der Waals surface area (Å²) < 4.78 is 0. The zero-order valence-corrected chi connectivity index (χ0v) is 10.9. The Hall–Kier alpha value is -1.65. The molecular weight excluding hydrogens is 232 g/mol. The molecule has 0 aliphatic heterocycles. The lowest BCUT2D eigenvalue weighted by Gasteiger charge is -2.31. The Morgan fingerprint density at radius 1 is 1.39 bits per heavy atom. The monoisotopic (exact) mass is 250 g/mol. The fourth-order valence-electron chi connectivity index (χ4n) is 3.39. The largest absolute Gasteiger partial charge is 0.351 e. The zero-order valence-electron chi connectivity index (χ0n) is 10.9. The van der Waals surface area contributed by atoms with Crippen molar-refractivity contribution in [3.63, 3.8) is 0 Å². The molecule has 0 saturated heterocycles. The first kappa shape index (κ1) is 12.8. The van der Waals surface area contributed by atoms with E-state index in [1.165, 1.54) is 6.08 Å². The van der Waals surface area contributed by atoms with Gasteiger partial charge in [0.15, 0.2) is 5.78 Å². The molecule has 0 aromatic carbocycles. The zero-order chi connectivity index (χ0) is 13.7. The number of Topliss-reactive ketones (excluding diaryl/α,β-unsaturated/α-hetero) is 1. The standard InChI is InChI=1S/C13H18N2O3/c1-12(2)8-4-5-13(12,3)10(17)7(8)6-9(16)15-11(14)18/h6,8H,4-5H2,1-3H3,(H3,14,15,16,18)/b7-6+/t8-,13+/m1/s1. The molecule has 0 spiro atoms. The molecule has 0 unspecified atom stereocenters. The number of allylic oxidation sites excluding steroid dienone is 1. The highest BCUT2D eigenvalue weighted by Crippen LogP contribution is 2.65. The molecular formula is C13H18N2O3. The quantitative estimate of drug-likeness (QED) is 0.684. The molecule has 3 N–H and O–H groups in total. The van der Waals surface area contributed by atoms with Crippen LogP contribution in [-0.2, 0) is 9.59 Å². The van der Waals surface area contributed by atoms with Crippen molar-refractivity contribution in [3.8, 4) is 0 Å². The number of nitrogens with one attached hydrogen (secondary N) is 1. The molecule has 2 aliphatic carbocycles. The van der Waals surface area contributed by atoms with Crippen LogP contribution in [0.3, 0.4) is 0 Å². The number of carbonyl (C=O) groups is 3. The van der Waals surface area contributed by atoms with E-state index < -0.39 is 17.4 Å². The maximum absolute atomic E-state index is 12.4. The Bertz CT molecular complexity index is 479. The van der Waals surface area contributed by atoms with E-state index in [1.54, 1.807) is 0 Å². The fourth-order valence-corrected chi connectivity index (χ4v) is 3.39. The van der Waals surface area contributed by atoms with E-state index in [4.69, 9.17) is 5.73 Å². The lowest BCUT2D eigenvalue weighted by molar-refractivity contribution is -0.125. The van der Waals surface area contributed by atoms with Crippen LogP contribution in [0.5, 0.6) is 0 Å². The van der Waals surface area contributed by atoms with Crippen LogP contribution in [0.25, 0.3) is 0 Å². The van der Waals surface area contributed by atoms with Gasteiger partial charge in [-0.15, -0.1) is 0 Å². The Morgan fingerprint density at radius 2 is 2.00 bits per heavy atom. The first-order chi connectivity index (χ1) is 8.20. The average Bonchev–Trinajstić information content (AvgIpc) is 2.52. The Kier molecular flexibility index (Phi) is 2.61. The van der Waals surface area contributed by atoms with Crippen LogP contribution in [0.1, 0.15) is 33.6 Å². The van der Waals surface area contributed by atoms with Gasteiger partial charge in [0, 0.05) is 17.1 Å². The number of primary amides is 1. The average molecular weight is 250 g/mol. The van der Waals surface area contributed by atoms with Gasteiger partial charge in [-0.1, -0.05) is 20.8 Å². The van der Waals surface area contributed by atoms with Crippen molar-refractivity contribution in [1.82, 2.24) is 5.32 Å². The molecule has 18 heavy (non-hydrogen) atoms. The second-order valence-electron chi connectivity index (χ2n) is 5.93. The summed E-state index contributed by atoms with van der Waals surface area (Å²) in [6.07, 6.45) is 3.01. The number of hydrogen-bond acceptors (Lipinski definition) is 3. The number of amides is 3. The maximum atomic E-state index is 12.4. The Morgan fingerprint density at radius 3 is 2.44 bits per heavy atom. The molecule has 0 aromatic heterocycles. The third kappa shape index (κ3) is 1.50. The molecule has 2 atom stereocenters.